The first-order valence-corrected chi connectivity index (χ1v) is 13.1. The van der Waals surface area contributed by atoms with Crippen LogP contribution in [-0.4, -0.2) is 51.7 Å². The number of amides is 1. The van der Waals surface area contributed by atoms with Crippen LogP contribution in [0.4, 0.5) is 10.5 Å². The van der Waals surface area contributed by atoms with Crippen LogP contribution < -0.4 is 25.8 Å². The summed E-state index contributed by atoms with van der Waals surface area (Å²) in [7, 11) is -3.35. The van der Waals surface area contributed by atoms with Crippen molar-refractivity contribution in [1.29, 1.82) is 0 Å². The van der Waals surface area contributed by atoms with E-state index < -0.39 is 24.5 Å². The van der Waals surface area contributed by atoms with E-state index in [1.54, 1.807) is 25.7 Å². The molecule has 0 atom stereocenters. The molecule has 11 heteroatoms. The van der Waals surface area contributed by atoms with Gasteiger partial charge in [-0.1, -0.05) is 30.3 Å². The molecule has 0 spiro atoms. The van der Waals surface area contributed by atoms with E-state index in [0.29, 0.717) is 13.0 Å². The second-order valence-corrected chi connectivity index (χ2v) is 9.45. The van der Waals surface area contributed by atoms with E-state index >= 15 is 0 Å². The van der Waals surface area contributed by atoms with Gasteiger partial charge in [0.2, 0.25) is 0 Å². The molecule has 0 fully saturated rings. The Kier molecular flexibility index (Phi) is 11.3. The molecule has 0 saturated heterocycles. The molecule has 188 valence electrons. The van der Waals surface area contributed by atoms with E-state index in [2.05, 4.69) is 5.32 Å². The molecular formula is C23H33N2O8P. The number of carbonyl (C=O) groups is 1. The summed E-state index contributed by atoms with van der Waals surface area (Å²) in [6.45, 7) is 6.72. The second kappa shape index (κ2) is 13.9. The molecule has 0 bridgehead atoms. The molecule has 2 aromatic rings. The summed E-state index contributed by atoms with van der Waals surface area (Å²) in [5, 5.41) is 2.66. The number of nitrogens with zero attached hydrogens (tertiary/aromatic N) is 1. The first-order chi connectivity index (χ1) is 16.3. The SMILES string of the molecule is CCOc1c(N(CCCNC(=O)OCc2ccccc2)CCP(=O)(OCC)OCC)c(=O)c1=O. The van der Waals surface area contributed by atoms with Gasteiger partial charge in [0.05, 0.1) is 26.0 Å². The number of hydrogen-bond donors (Lipinski definition) is 1. The highest BCUT2D eigenvalue weighted by molar-refractivity contribution is 7.53. The highest BCUT2D eigenvalue weighted by Gasteiger charge is 2.30. The molecule has 0 aliphatic heterocycles. The Morgan fingerprint density at radius 3 is 2.26 bits per heavy atom. The number of rotatable bonds is 16. The Labute approximate surface area is 199 Å². The number of benzene rings is 1. The van der Waals surface area contributed by atoms with Crippen LogP contribution in [-0.2, 0) is 25.0 Å². The molecule has 0 aliphatic carbocycles. The molecule has 2 aromatic carbocycles. The lowest BCUT2D eigenvalue weighted by molar-refractivity contribution is 0.139. The van der Waals surface area contributed by atoms with Gasteiger partial charge in [0, 0.05) is 19.6 Å². The van der Waals surface area contributed by atoms with Crippen molar-refractivity contribution in [2.75, 3.05) is 50.5 Å². The van der Waals surface area contributed by atoms with Crippen LogP contribution >= 0.6 is 7.60 Å². The first kappa shape index (κ1) is 27.6. The summed E-state index contributed by atoms with van der Waals surface area (Å²) < 4.78 is 34.0. The normalized spacial score (nSPS) is 11.4. The molecule has 0 aromatic heterocycles. The third kappa shape index (κ3) is 7.97. The highest BCUT2D eigenvalue weighted by atomic mass is 31.2. The molecule has 10 nitrogen and oxygen atoms in total. The van der Waals surface area contributed by atoms with Gasteiger partial charge in [-0.2, -0.15) is 0 Å². The number of alkyl carbamates (subject to hydrolysis) is 1. The predicted octanol–water partition coefficient (Wildman–Crippen LogP) is 3.07. The number of nitrogens with one attached hydrogen (secondary N) is 1. The summed E-state index contributed by atoms with van der Waals surface area (Å²) in [6.07, 6.45) is -0.0824. The van der Waals surface area contributed by atoms with Gasteiger partial charge >= 0.3 is 13.7 Å². The van der Waals surface area contributed by atoms with Gasteiger partial charge in [-0.25, -0.2) is 4.79 Å². The average molecular weight is 496 g/mol. The van der Waals surface area contributed by atoms with Crippen LogP contribution in [0.25, 0.3) is 0 Å². The predicted molar refractivity (Wildman–Crippen MR) is 130 cm³/mol. The minimum atomic E-state index is -3.35. The lowest BCUT2D eigenvalue weighted by Gasteiger charge is -2.28. The van der Waals surface area contributed by atoms with Crippen LogP contribution in [0.2, 0.25) is 0 Å². The molecule has 1 N–H and O–H groups in total. The number of anilines is 1. The Balaban J connectivity index is 1.96. The fraction of sp³-hybridized carbons (Fsp3) is 0.522. The van der Waals surface area contributed by atoms with Gasteiger partial charge in [-0.3, -0.25) is 14.2 Å². The molecule has 0 aliphatic rings. The molecule has 0 heterocycles. The second-order valence-electron chi connectivity index (χ2n) is 7.27. The van der Waals surface area contributed by atoms with Crippen molar-refractivity contribution in [1.82, 2.24) is 5.32 Å². The van der Waals surface area contributed by atoms with Crippen molar-refractivity contribution in [2.45, 2.75) is 33.8 Å². The number of carbonyl (C=O) groups excluding carboxylic acids is 1. The summed E-state index contributed by atoms with van der Waals surface area (Å²) in [5.74, 6) is 0.00498. The van der Waals surface area contributed by atoms with Crippen LogP contribution in [0.1, 0.15) is 32.8 Å². The molecular weight excluding hydrogens is 463 g/mol. The van der Waals surface area contributed by atoms with E-state index in [-0.39, 0.29) is 57.1 Å². The Morgan fingerprint density at radius 1 is 0.971 bits per heavy atom. The fourth-order valence-corrected chi connectivity index (χ4v) is 4.90. The summed E-state index contributed by atoms with van der Waals surface area (Å²) >= 11 is 0. The van der Waals surface area contributed by atoms with E-state index in [1.807, 2.05) is 30.3 Å². The van der Waals surface area contributed by atoms with E-state index in [0.717, 1.165) is 5.56 Å². The Morgan fingerprint density at radius 2 is 1.65 bits per heavy atom. The summed E-state index contributed by atoms with van der Waals surface area (Å²) in [6, 6.07) is 9.31. The topological polar surface area (TPSA) is 120 Å². The monoisotopic (exact) mass is 496 g/mol. The zero-order chi connectivity index (χ0) is 25.0. The third-order valence-corrected chi connectivity index (χ3v) is 6.88. The van der Waals surface area contributed by atoms with E-state index in [1.165, 1.54) is 0 Å². The smallest absolute Gasteiger partial charge is 0.407 e. The zero-order valence-corrected chi connectivity index (χ0v) is 20.8. The van der Waals surface area contributed by atoms with Crippen molar-refractivity contribution in [3.63, 3.8) is 0 Å². The van der Waals surface area contributed by atoms with Crippen molar-refractivity contribution >= 4 is 19.4 Å². The van der Waals surface area contributed by atoms with Gasteiger partial charge in [0.1, 0.15) is 12.3 Å². The maximum atomic E-state index is 12.9. The minimum Gasteiger partial charge on any atom is -0.488 e. The van der Waals surface area contributed by atoms with E-state index in [4.69, 9.17) is 18.5 Å². The maximum absolute atomic E-state index is 12.9. The molecule has 0 saturated carbocycles. The highest BCUT2D eigenvalue weighted by Crippen LogP contribution is 2.47. The van der Waals surface area contributed by atoms with Gasteiger partial charge < -0.3 is 28.7 Å². The fourth-order valence-electron chi connectivity index (χ4n) is 3.30. The van der Waals surface area contributed by atoms with Gasteiger partial charge in [-0.15, -0.1) is 0 Å². The largest absolute Gasteiger partial charge is 0.488 e. The van der Waals surface area contributed by atoms with Crippen LogP contribution in [0, 0.1) is 0 Å². The van der Waals surface area contributed by atoms with Gasteiger partial charge in [0.25, 0.3) is 10.9 Å². The van der Waals surface area contributed by atoms with E-state index in [9.17, 15) is 18.9 Å². The number of ether oxygens (including phenoxy) is 2. The van der Waals surface area contributed by atoms with Crippen LogP contribution in [0.5, 0.6) is 5.75 Å². The lowest BCUT2D eigenvalue weighted by atomic mass is 10.2. The molecule has 2 rings (SSSR count). The standard InChI is InChI=1S/C23H33N2O8P/c1-4-30-22-19(20(26)21(22)27)25(15-16-34(29,32-5-2)33-6-3)14-10-13-24-23(28)31-17-18-11-8-7-9-12-18/h7-9,11-12H,4-6,10,13-17H2,1-3H3,(H,24,28). The van der Waals surface area contributed by atoms with Crippen LogP contribution in [0.3, 0.4) is 0 Å². The molecule has 1 amide bonds. The lowest BCUT2D eigenvalue weighted by Crippen LogP contribution is -2.43. The van der Waals surface area contributed by atoms with Gasteiger partial charge in [0.15, 0.2) is 5.75 Å². The Hall–Kier alpha value is -2.68. The maximum Gasteiger partial charge on any atom is 0.407 e. The van der Waals surface area contributed by atoms with Gasteiger partial charge in [-0.05, 0) is 32.8 Å². The van der Waals surface area contributed by atoms with Crippen molar-refractivity contribution in [3.05, 3.63) is 56.3 Å². The van der Waals surface area contributed by atoms with Crippen molar-refractivity contribution < 1.29 is 27.9 Å². The summed E-state index contributed by atoms with van der Waals surface area (Å²) in [5.41, 5.74) is -0.304. The van der Waals surface area contributed by atoms with Crippen LogP contribution in [0.15, 0.2) is 39.9 Å². The third-order valence-electron chi connectivity index (χ3n) is 4.83. The Bertz CT molecular complexity index is 1010. The molecule has 34 heavy (non-hydrogen) atoms. The molecule has 0 unspecified atom stereocenters. The molecule has 0 radical (unpaired) electrons. The average Bonchev–Trinajstić information content (AvgIpc) is 2.83. The summed E-state index contributed by atoms with van der Waals surface area (Å²) in [4.78, 5) is 37.8. The first-order valence-electron chi connectivity index (χ1n) is 11.4. The minimum absolute atomic E-state index is 0.00498. The zero-order valence-electron chi connectivity index (χ0n) is 19.9. The van der Waals surface area contributed by atoms with Crippen molar-refractivity contribution in [2.24, 2.45) is 0 Å². The van der Waals surface area contributed by atoms with Crippen molar-refractivity contribution in [3.8, 4) is 5.75 Å². The number of hydrogen-bond acceptors (Lipinski definition) is 9. The quantitative estimate of drug-likeness (QED) is 0.212.